The van der Waals surface area contributed by atoms with Gasteiger partial charge in [0.2, 0.25) is 0 Å². The van der Waals surface area contributed by atoms with Gasteiger partial charge in [0.25, 0.3) is 0 Å². The molecule has 0 heterocycles. The molecule has 0 aliphatic heterocycles. The smallest absolute Gasteiger partial charge is 0.462 e. The Bertz CT molecular complexity index is 1110. The lowest BCUT2D eigenvalue weighted by Crippen LogP contribution is -2.37. The molecule has 0 radical (unpaired) electrons. The topological polar surface area (TPSA) is 129 Å². The number of phosphoric ester groups is 1. The van der Waals surface area contributed by atoms with Crippen molar-refractivity contribution in [2.24, 2.45) is 0 Å². The summed E-state index contributed by atoms with van der Waals surface area (Å²) in [4.78, 5) is 35.2. The van der Waals surface area contributed by atoms with Crippen LogP contribution >= 0.6 is 7.82 Å². The maximum absolute atomic E-state index is 12.6. The third-order valence-corrected chi connectivity index (χ3v) is 9.08. The second-order valence-electron chi connectivity index (χ2n) is 14.5. The second-order valence-corrected chi connectivity index (χ2v) is 16.0. The highest BCUT2D eigenvalue weighted by Crippen LogP contribution is 2.43. The Hall–Kier alpha value is -2.33. The van der Waals surface area contributed by atoms with E-state index in [-0.39, 0.29) is 26.1 Å². The average molecular weight is 769 g/mol. The molecule has 0 fully saturated rings. The second kappa shape index (κ2) is 34.2. The van der Waals surface area contributed by atoms with Gasteiger partial charge in [0.15, 0.2) is 6.10 Å². The van der Waals surface area contributed by atoms with Crippen molar-refractivity contribution in [2.45, 2.75) is 148 Å². The molecule has 10 nitrogen and oxygen atoms in total. The van der Waals surface area contributed by atoms with Gasteiger partial charge in [0.1, 0.15) is 19.8 Å². The lowest BCUT2D eigenvalue weighted by molar-refractivity contribution is -0.870. The zero-order valence-corrected chi connectivity index (χ0v) is 34.7. The van der Waals surface area contributed by atoms with E-state index < -0.39 is 38.6 Å². The van der Waals surface area contributed by atoms with Crippen LogP contribution in [-0.4, -0.2) is 86.1 Å². The number of aliphatic hydroxyl groups excluding tert-OH is 1. The van der Waals surface area contributed by atoms with Gasteiger partial charge in [-0.05, 0) is 64.2 Å². The van der Waals surface area contributed by atoms with Crippen LogP contribution in [0.4, 0.5) is 0 Å². The van der Waals surface area contributed by atoms with Crippen LogP contribution in [0.1, 0.15) is 136 Å². The van der Waals surface area contributed by atoms with Gasteiger partial charge in [-0.1, -0.05) is 120 Å². The molecular weight excluding hydrogens is 693 g/mol. The fourth-order valence-corrected chi connectivity index (χ4v) is 5.57. The molecule has 0 aromatic carbocycles. The van der Waals surface area contributed by atoms with E-state index in [1.54, 1.807) is 12.2 Å². The average Bonchev–Trinajstić information content (AvgIpc) is 3.10. The molecule has 0 rings (SSSR count). The summed E-state index contributed by atoms with van der Waals surface area (Å²) in [6.45, 7) is 4.14. The summed E-state index contributed by atoms with van der Waals surface area (Å²) < 4.78 is 34.0. The van der Waals surface area contributed by atoms with E-state index in [1.165, 1.54) is 32.1 Å². The third kappa shape index (κ3) is 37.8. The van der Waals surface area contributed by atoms with Crippen molar-refractivity contribution < 1.29 is 47.2 Å². The number of unbranched alkanes of at least 4 members (excludes halogenated alkanes) is 11. The normalized spacial score (nSPS) is 14.9. The highest BCUT2D eigenvalue weighted by Gasteiger charge is 2.27. The predicted molar refractivity (Wildman–Crippen MR) is 216 cm³/mol. The fourth-order valence-electron chi connectivity index (χ4n) is 4.83. The van der Waals surface area contributed by atoms with Crippen LogP contribution in [-0.2, 0) is 32.7 Å². The first kappa shape index (κ1) is 50.7. The third-order valence-electron chi connectivity index (χ3n) is 8.10. The Morgan fingerprint density at radius 2 is 1.28 bits per heavy atom. The van der Waals surface area contributed by atoms with E-state index in [9.17, 15) is 24.2 Å². The molecule has 0 bridgehead atoms. The number of hydrogen-bond acceptors (Lipinski definition) is 8. The number of hydrogen-bond donors (Lipinski definition) is 2. The number of rotatable bonds is 35. The van der Waals surface area contributed by atoms with Gasteiger partial charge in [-0.3, -0.25) is 18.6 Å². The van der Waals surface area contributed by atoms with Crippen LogP contribution in [0.2, 0.25) is 0 Å². The Balaban J connectivity index is 4.63. The van der Waals surface area contributed by atoms with Crippen molar-refractivity contribution in [1.29, 1.82) is 0 Å². The Labute approximate surface area is 322 Å². The van der Waals surface area contributed by atoms with Gasteiger partial charge in [0.05, 0.1) is 33.9 Å². The van der Waals surface area contributed by atoms with Crippen LogP contribution in [0.15, 0.2) is 60.8 Å². The summed E-state index contributed by atoms with van der Waals surface area (Å²) in [7, 11) is 1.37. The Morgan fingerprint density at radius 1 is 0.679 bits per heavy atom. The summed E-state index contributed by atoms with van der Waals surface area (Å²) in [5.41, 5.74) is 0. The highest BCUT2D eigenvalue weighted by molar-refractivity contribution is 7.47. The van der Waals surface area contributed by atoms with Crippen molar-refractivity contribution in [3.63, 3.8) is 0 Å². The summed E-state index contributed by atoms with van der Waals surface area (Å²) >= 11 is 0. The molecule has 53 heavy (non-hydrogen) atoms. The number of likely N-dealkylation sites (N-methyl/N-ethyl adjacent to an activating group) is 1. The minimum absolute atomic E-state index is 0.00220. The number of esters is 2. The molecule has 11 heteroatoms. The predicted octanol–water partition coefficient (Wildman–Crippen LogP) is 9.87. The van der Waals surface area contributed by atoms with Crippen LogP contribution in [0, 0.1) is 0 Å². The standard InChI is InChI=1S/C42H74NO9P/c1-6-8-10-12-14-16-17-19-21-25-29-33-41(45)49-37-40(38-51-53(47,48)50-36-35-43(3,4)5)52-42(46)34-30-26-22-24-28-32-39(44)31-27-23-20-18-15-13-11-9-7-2/h12,14-15,18,22-24,27-28,32,39-40,44H,6-11,13,16-17,19-21,25-26,29-31,33-38H2,1-5H3/p+1/b14-12-,18-15-,24-22+,27-23-,32-28-/t39?,40-/m1/s1. The molecular formula is C42H75NO9P+. The van der Waals surface area contributed by atoms with Gasteiger partial charge >= 0.3 is 19.8 Å². The van der Waals surface area contributed by atoms with Crippen molar-refractivity contribution in [2.75, 3.05) is 47.5 Å². The molecule has 0 saturated carbocycles. The molecule has 2 N–H and O–H groups in total. The fraction of sp³-hybridized carbons (Fsp3) is 0.714. The number of allylic oxidation sites excluding steroid dienone is 8. The van der Waals surface area contributed by atoms with E-state index in [2.05, 4.69) is 44.2 Å². The van der Waals surface area contributed by atoms with Crippen molar-refractivity contribution >= 4 is 19.8 Å². The van der Waals surface area contributed by atoms with Gasteiger partial charge < -0.3 is 24.0 Å². The number of quaternary nitrogens is 1. The van der Waals surface area contributed by atoms with Gasteiger partial charge in [0, 0.05) is 12.8 Å². The summed E-state index contributed by atoms with van der Waals surface area (Å²) in [6.07, 6.45) is 35.9. The van der Waals surface area contributed by atoms with Gasteiger partial charge in [-0.25, -0.2) is 4.57 Å². The first-order valence-corrected chi connectivity index (χ1v) is 21.6. The van der Waals surface area contributed by atoms with Crippen LogP contribution < -0.4 is 0 Å². The largest absolute Gasteiger partial charge is 0.472 e. The molecule has 0 aliphatic carbocycles. The monoisotopic (exact) mass is 769 g/mol. The van der Waals surface area contributed by atoms with Crippen LogP contribution in [0.5, 0.6) is 0 Å². The summed E-state index contributed by atoms with van der Waals surface area (Å²) in [5.74, 6) is -0.948. The van der Waals surface area contributed by atoms with Gasteiger partial charge in [-0.2, -0.15) is 0 Å². The van der Waals surface area contributed by atoms with Crippen molar-refractivity contribution in [3.8, 4) is 0 Å². The first-order valence-electron chi connectivity index (χ1n) is 20.1. The molecule has 2 unspecified atom stereocenters. The van der Waals surface area contributed by atoms with Gasteiger partial charge in [-0.15, -0.1) is 0 Å². The molecule has 0 aromatic heterocycles. The minimum Gasteiger partial charge on any atom is -0.462 e. The molecule has 0 saturated heterocycles. The van der Waals surface area contributed by atoms with E-state index in [1.807, 2.05) is 39.4 Å². The number of phosphoric acid groups is 1. The number of ether oxygens (including phenoxy) is 2. The maximum atomic E-state index is 12.6. The van der Waals surface area contributed by atoms with E-state index >= 15 is 0 Å². The van der Waals surface area contributed by atoms with E-state index in [0.717, 1.165) is 51.4 Å². The maximum Gasteiger partial charge on any atom is 0.472 e. The zero-order valence-electron chi connectivity index (χ0n) is 33.8. The van der Waals surface area contributed by atoms with Crippen LogP contribution in [0.3, 0.4) is 0 Å². The Morgan fingerprint density at radius 3 is 2.00 bits per heavy atom. The van der Waals surface area contributed by atoms with E-state index in [4.69, 9.17) is 18.5 Å². The minimum atomic E-state index is -4.41. The molecule has 0 spiro atoms. The SMILES string of the molecule is CCCC/C=C\CCCCCCCC(=O)OC[C@H](COP(=O)(O)OCC[N+](C)(C)C)OC(=O)CCC/C=C/C=C\C(O)C/C=C\C/C=C\CCCCC. The van der Waals surface area contributed by atoms with Crippen molar-refractivity contribution in [1.82, 2.24) is 0 Å². The first-order chi connectivity index (χ1) is 25.4. The van der Waals surface area contributed by atoms with Crippen molar-refractivity contribution in [3.05, 3.63) is 60.8 Å². The lowest BCUT2D eigenvalue weighted by Gasteiger charge is -2.24. The molecule has 306 valence electrons. The number of carbonyl (C=O) groups is 2. The molecule has 3 atom stereocenters. The van der Waals surface area contributed by atoms with E-state index in [0.29, 0.717) is 36.7 Å². The number of aliphatic hydroxyl groups is 1. The highest BCUT2D eigenvalue weighted by atomic mass is 31.2. The van der Waals surface area contributed by atoms with Crippen LogP contribution in [0.25, 0.3) is 0 Å². The quantitative estimate of drug-likeness (QED) is 0.0162. The lowest BCUT2D eigenvalue weighted by atomic mass is 10.1. The Kier molecular flexibility index (Phi) is 32.7. The summed E-state index contributed by atoms with van der Waals surface area (Å²) in [6, 6.07) is 0. The number of carbonyl (C=O) groups excluding carboxylic acids is 2. The summed E-state index contributed by atoms with van der Waals surface area (Å²) in [5, 5.41) is 10.1. The molecule has 0 amide bonds. The number of nitrogens with zero attached hydrogens (tertiary/aromatic N) is 1. The zero-order chi connectivity index (χ0) is 39.5. The molecule has 0 aliphatic rings. The molecule has 0 aromatic rings.